The highest BCUT2D eigenvalue weighted by Crippen LogP contribution is 2.39. The lowest BCUT2D eigenvalue weighted by atomic mass is 9.82. The third-order valence-electron chi connectivity index (χ3n) is 5.20. The zero-order chi connectivity index (χ0) is 19.3. The molecule has 1 aliphatic carbocycles. The number of anilines is 3. The standard InChI is InChI=1S/C19H24N8O/c1-27-5-6-28-15(12-27)10-22-16-7-17(25-26-19(16)13-3-2-4-13)24-18-11-21-14(8-20)9-23-18/h7,9,11,13,15H,2-6,10,12H2,1H3,(H2,22,23,24,25)/t15-/m1/s1. The Morgan fingerprint density at radius 1 is 1.25 bits per heavy atom. The van der Waals surface area contributed by atoms with Crippen LogP contribution in [0.25, 0.3) is 0 Å². The van der Waals surface area contributed by atoms with Gasteiger partial charge in [-0.3, -0.25) is 0 Å². The molecule has 9 nitrogen and oxygen atoms in total. The molecule has 1 atom stereocenters. The van der Waals surface area contributed by atoms with Crippen molar-refractivity contribution in [1.82, 2.24) is 25.1 Å². The quantitative estimate of drug-likeness (QED) is 0.776. The van der Waals surface area contributed by atoms with E-state index in [1.54, 1.807) is 0 Å². The molecule has 1 saturated carbocycles. The summed E-state index contributed by atoms with van der Waals surface area (Å²) in [6.07, 6.45) is 6.64. The first-order valence-corrected chi connectivity index (χ1v) is 9.62. The lowest BCUT2D eigenvalue weighted by Crippen LogP contribution is -2.43. The van der Waals surface area contributed by atoms with E-state index in [1.165, 1.54) is 18.8 Å². The van der Waals surface area contributed by atoms with Crippen LogP contribution in [-0.2, 0) is 4.74 Å². The van der Waals surface area contributed by atoms with Gasteiger partial charge in [0.1, 0.15) is 11.9 Å². The molecular weight excluding hydrogens is 356 g/mol. The summed E-state index contributed by atoms with van der Waals surface area (Å²) in [5, 5.41) is 24.3. The van der Waals surface area contributed by atoms with E-state index in [4.69, 9.17) is 10.00 Å². The van der Waals surface area contributed by atoms with Gasteiger partial charge in [-0.05, 0) is 19.9 Å². The van der Waals surface area contributed by atoms with E-state index in [0.717, 1.165) is 50.5 Å². The molecule has 2 fully saturated rings. The number of likely N-dealkylation sites (N-methyl/N-ethyl adjacent to an activating group) is 1. The normalized spacial score (nSPS) is 20.2. The van der Waals surface area contributed by atoms with Crippen molar-refractivity contribution in [3.8, 4) is 6.07 Å². The van der Waals surface area contributed by atoms with Crippen LogP contribution in [-0.4, -0.2) is 64.5 Å². The molecule has 0 aromatic carbocycles. The van der Waals surface area contributed by atoms with Crippen LogP contribution >= 0.6 is 0 Å². The zero-order valence-corrected chi connectivity index (χ0v) is 15.9. The number of nitrogens with one attached hydrogen (secondary N) is 2. The minimum absolute atomic E-state index is 0.155. The summed E-state index contributed by atoms with van der Waals surface area (Å²) in [7, 11) is 2.12. The van der Waals surface area contributed by atoms with E-state index in [-0.39, 0.29) is 11.8 Å². The summed E-state index contributed by atoms with van der Waals surface area (Å²) in [6, 6.07) is 3.92. The Balaban J connectivity index is 1.48. The molecule has 9 heteroatoms. The summed E-state index contributed by atoms with van der Waals surface area (Å²) in [6.45, 7) is 3.37. The fourth-order valence-electron chi connectivity index (χ4n) is 3.38. The number of ether oxygens (including phenoxy) is 1. The third-order valence-corrected chi connectivity index (χ3v) is 5.20. The first-order chi connectivity index (χ1) is 13.7. The fourth-order valence-corrected chi connectivity index (χ4v) is 3.38. The maximum Gasteiger partial charge on any atom is 0.158 e. The first kappa shape index (κ1) is 18.5. The van der Waals surface area contributed by atoms with Gasteiger partial charge in [0.2, 0.25) is 0 Å². The Bertz CT molecular complexity index is 846. The van der Waals surface area contributed by atoms with Gasteiger partial charge in [-0.2, -0.15) is 10.4 Å². The van der Waals surface area contributed by atoms with Crippen LogP contribution in [0.5, 0.6) is 0 Å². The Morgan fingerprint density at radius 3 is 2.82 bits per heavy atom. The van der Waals surface area contributed by atoms with Crippen molar-refractivity contribution < 1.29 is 4.74 Å². The van der Waals surface area contributed by atoms with Crippen LogP contribution in [0.1, 0.15) is 36.6 Å². The third kappa shape index (κ3) is 4.35. The molecule has 28 heavy (non-hydrogen) atoms. The lowest BCUT2D eigenvalue weighted by molar-refractivity contribution is -0.0117. The van der Waals surface area contributed by atoms with Gasteiger partial charge in [0.05, 0.1) is 36.5 Å². The number of rotatable bonds is 6. The second-order valence-corrected chi connectivity index (χ2v) is 7.32. The van der Waals surface area contributed by atoms with Crippen LogP contribution in [0, 0.1) is 11.3 Å². The highest BCUT2D eigenvalue weighted by molar-refractivity contribution is 5.60. The van der Waals surface area contributed by atoms with Crippen LogP contribution in [0.4, 0.5) is 17.3 Å². The molecule has 146 valence electrons. The Kier molecular flexibility index (Phi) is 5.60. The van der Waals surface area contributed by atoms with Gasteiger partial charge >= 0.3 is 0 Å². The number of aromatic nitrogens is 4. The molecule has 2 aromatic heterocycles. The summed E-state index contributed by atoms with van der Waals surface area (Å²) >= 11 is 0. The molecule has 0 radical (unpaired) electrons. The second-order valence-electron chi connectivity index (χ2n) is 7.32. The van der Waals surface area contributed by atoms with Crippen molar-refractivity contribution in [2.45, 2.75) is 31.3 Å². The Labute approximate surface area is 164 Å². The molecular formula is C19H24N8O. The molecule has 0 spiro atoms. The first-order valence-electron chi connectivity index (χ1n) is 9.62. The van der Waals surface area contributed by atoms with Crippen LogP contribution in [0.15, 0.2) is 18.5 Å². The maximum atomic E-state index is 8.83. The van der Waals surface area contributed by atoms with Crippen molar-refractivity contribution in [3.05, 3.63) is 29.8 Å². The van der Waals surface area contributed by atoms with Crippen LogP contribution < -0.4 is 10.6 Å². The van der Waals surface area contributed by atoms with E-state index in [9.17, 15) is 0 Å². The van der Waals surface area contributed by atoms with Gasteiger partial charge in [0.25, 0.3) is 0 Å². The molecule has 2 aromatic rings. The molecule has 2 N–H and O–H groups in total. The zero-order valence-electron chi connectivity index (χ0n) is 15.9. The van der Waals surface area contributed by atoms with Crippen molar-refractivity contribution in [2.75, 3.05) is 43.9 Å². The van der Waals surface area contributed by atoms with Gasteiger partial charge in [-0.15, -0.1) is 5.10 Å². The summed E-state index contributed by atoms with van der Waals surface area (Å²) in [5.41, 5.74) is 2.28. The number of hydrogen-bond acceptors (Lipinski definition) is 9. The average molecular weight is 380 g/mol. The number of nitrogens with zero attached hydrogens (tertiary/aromatic N) is 6. The van der Waals surface area contributed by atoms with E-state index in [1.807, 2.05) is 12.1 Å². The summed E-state index contributed by atoms with van der Waals surface area (Å²) in [4.78, 5) is 10.5. The molecule has 0 unspecified atom stereocenters. The topological polar surface area (TPSA) is 112 Å². The van der Waals surface area contributed by atoms with Crippen molar-refractivity contribution in [1.29, 1.82) is 5.26 Å². The van der Waals surface area contributed by atoms with Crippen molar-refractivity contribution in [3.63, 3.8) is 0 Å². The summed E-state index contributed by atoms with van der Waals surface area (Å²) in [5.74, 6) is 1.58. The predicted octanol–water partition coefficient (Wildman–Crippen LogP) is 1.89. The highest BCUT2D eigenvalue weighted by atomic mass is 16.5. The Morgan fingerprint density at radius 2 is 2.14 bits per heavy atom. The predicted molar refractivity (Wildman–Crippen MR) is 104 cm³/mol. The smallest absolute Gasteiger partial charge is 0.158 e. The highest BCUT2D eigenvalue weighted by Gasteiger charge is 2.25. The van der Waals surface area contributed by atoms with Crippen molar-refractivity contribution >= 4 is 17.3 Å². The molecule has 1 aliphatic heterocycles. The average Bonchev–Trinajstić information content (AvgIpc) is 2.67. The van der Waals surface area contributed by atoms with Gasteiger partial charge in [-0.25, -0.2) is 9.97 Å². The van der Waals surface area contributed by atoms with Gasteiger partial charge in [0, 0.05) is 31.6 Å². The molecule has 1 saturated heterocycles. The van der Waals surface area contributed by atoms with E-state index in [0.29, 0.717) is 17.6 Å². The lowest BCUT2D eigenvalue weighted by Gasteiger charge is -2.31. The van der Waals surface area contributed by atoms with E-state index >= 15 is 0 Å². The Hall–Kier alpha value is -2.83. The SMILES string of the molecule is CN1CCO[C@H](CNc2cc(Nc3cnc(C#N)cn3)nnc2C2CCC2)C1. The summed E-state index contributed by atoms with van der Waals surface area (Å²) < 4.78 is 5.86. The molecule has 2 aliphatic rings. The van der Waals surface area contributed by atoms with E-state index < -0.39 is 0 Å². The molecule has 0 bridgehead atoms. The number of morpholine rings is 1. The molecule has 3 heterocycles. The number of hydrogen-bond donors (Lipinski definition) is 2. The fraction of sp³-hybridized carbons (Fsp3) is 0.526. The minimum atomic E-state index is 0.155. The molecule has 0 amide bonds. The number of nitriles is 1. The van der Waals surface area contributed by atoms with E-state index in [2.05, 4.69) is 42.7 Å². The minimum Gasteiger partial charge on any atom is -0.381 e. The second kappa shape index (κ2) is 8.46. The van der Waals surface area contributed by atoms with Crippen LogP contribution in [0.2, 0.25) is 0 Å². The maximum absolute atomic E-state index is 8.83. The van der Waals surface area contributed by atoms with Crippen LogP contribution in [0.3, 0.4) is 0 Å². The van der Waals surface area contributed by atoms with Gasteiger partial charge in [-0.1, -0.05) is 6.42 Å². The van der Waals surface area contributed by atoms with Gasteiger partial charge in [0.15, 0.2) is 11.5 Å². The molecule has 4 rings (SSSR count). The van der Waals surface area contributed by atoms with Crippen molar-refractivity contribution in [2.24, 2.45) is 0 Å². The largest absolute Gasteiger partial charge is 0.381 e. The monoisotopic (exact) mass is 380 g/mol. The van der Waals surface area contributed by atoms with Gasteiger partial charge < -0.3 is 20.3 Å².